The lowest BCUT2D eigenvalue weighted by atomic mass is 9.81. The van der Waals surface area contributed by atoms with Gasteiger partial charge in [0.1, 0.15) is 0 Å². The number of nitrogens with two attached hydrogens (primary N) is 1. The third kappa shape index (κ3) is 5.56. The van der Waals surface area contributed by atoms with Crippen LogP contribution in [0.25, 0.3) is 0 Å². The molecule has 17 heavy (non-hydrogen) atoms. The first-order chi connectivity index (χ1) is 7.70. The number of hydrogen-bond acceptors (Lipinski definition) is 1. The Bertz CT molecular complexity index is 265. The van der Waals surface area contributed by atoms with Crippen molar-refractivity contribution in [3.8, 4) is 0 Å². The minimum absolute atomic E-state index is 0.0280. The van der Waals surface area contributed by atoms with E-state index in [1.807, 2.05) is 0 Å². The summed E-state index contributed by atoms with van der Waals surface area (Å²) in [6.07, 6.45) is 7.56. The van der Waals surface area contributed by atoms with Gasteiger partial charge in [-0.25, -0.2) is 0 Å². The molecule has 2 nitrogen and oxygen atoms in total. The first-order valence-electron chi connectivity index (χ1n) is 7.05. The normalized spacial score (nSPS) is 20.6. The van der Waals surface area contributed by atoms with Gasteiger partial charge in [-0.3, -0.25) is 4.99 Å². The van der Waals surface area contributed by atoms with Crippen LogP contribution in [-0.4, -0.2) is 11.4 Å². The van der Waals surface area contributed by atoms with Crippen molar-refractivity contribution in [1.29, 1.82) is 0 Å². The van der Waals surface area contributed by atoms with Crippen molar-refractivity contribution in [3.63, 3.8) is 0 Å². The van der Waals surface area contributed by atoms with E-state index in [0.717, 1.165) is 12.3 Å². The average molecular weight is 238 g/mol. The largest absolute Gasteiger partial charge is 0.387 e. The Morgan fingerprint density at radius 3 is 2.06 bits per heavy atom. The predicted octanol–water partition coefficient (Wildman–Crippen LogP) is 4.14. The van der Waals surface area contributed by atoms with Gasteiger partial charge in [0.15, 0.2) is 0 Å². The monoisotopic (exact) mass is 238 g/mol. The Morgan fingerprint density at radius 1 is 1.06 bits per heavy atom. The molecule has 0 radical (unpaired) electrons. The topological polar surface area (TPSA) is 38.4 Å². The van der Waals surface area contributed by atoms with Crippen LogP contribution in [0, 0.1) is 11.3 Å². The standard InChI is InChI=1S/C15H30N2/c1-14(2,3)11-15(4,5)17-13(16)12-9-7-6-8-10-12/h12H,6-11H2,1-5H3,(H2,16,17). The first kappa shape index (κ1) is 14.5. The molecule has 100 valence electrons. The summed E-state index contributed by atoms with van der Waals surface area (Å²) in [5, 5.41) is 0. The summed E-state index contributed by atoms with van der Waals surface area (Å²) in [6, 6.07) is 0. The summed E-state index contributed by atoms with van der Waals surface area (Å²) in [7, 11) is 0. The predicted molar refractivity (Wildman–Crippen MR) is 76.3 cm³/mol. The summed E-state index contributed by atoms with van der Waals surface area (Å²) in [5.41, 5.74) is 6.48. The van der Waals surface area contributed by atoms with Crippen LogP contribution < -0.4 is 5.73 Å². The van der Waals surface area contributed by atoms with Crippen LogP contribution in [0.5, 0.6) is 0 Å². The molecule has 0 spiro atoms. The van der Waals surface area contributed by atoms with E-state index in [-0.39, 0.29) is 5.54 Å². The van der Waals surface area contributed by atoms with Gasteiger partial charge in [-0.2, -0.15) is 0 Å². The summed E-state index contributed by atoms with van der Waals surface area (Å²) >= 11 is 0. The van der Waals surface area contributed by atoms with Crippen LogP contribution >= 0.6 is 0 Å². The number of aliphatic imine (C=N–C) groups is 1. The number of amidine groups is 1. The molecule has 0 saturated heterocycles. The van der Waals surface area contributed by atoms with Crippen molar-refractivity contribution in [2.75, 3.05) is 0 Å². The molecule has 0 aromatic heterocycles. The lowest BCUT2D eigenvalue weighted by molar-refractivity contribution is 0.286. The van der Waals surface area contributed by atoms with Crippen molar-refractivity contribution in [3.05, 3.63) is 0 Å². The third-order valence-corrected chi connectivity index (χ3v) is 3.42. The molecule has 1 fully saturated rings. The van der Waals surface area contributed by atoms with Crippen molar-refractivity contribution in [1.82, 2.24) is 0 Å². The molecule has 0 bridgehead atoms. The molecule has 2 N–H and O–H groups in total. The maximum atomic E-state index is 6.20. The zero-order valence-corrected chi connectivity index (χ0v) is 12.3. The van der Waals surface area contributed by atoms with Crippen LogP contribution in [0.2, 0.25) is 0 Å². The molecular weight excluding hydrogens is 208 g/mol. The van der Waals surface area contributed by atoms with Gasteiger partial charge in [-0.1, -0.05) is 40.0 Å². The van der Waals surface area contributed by atoms with Gasteiger partial charge in [0.05, 0.1) is 11.4 Å². The molecule has 0 aromatic rings. The molecule has 1 saturated carbocycles. The summed E-state index contributed by atoms with van der Waals surface area (Å²) in [4.78, 5) is 4.81. The molecule has 0 aromatic carbocycles. The van der Waals surface area contributed by atoms with Crippen LogP contribution in [-0.2, 0) is 0 Å². The summed E-state index contributed by atoms with van der Waals surface area (Å²) in [5.74, 6) is 1.45. The van der Waals surface area contributed by atoms with E-state index < -0.39 is 0 Å². The van der Waals surface area contributed by atoms with E-state index in [2.05, 4.69) is 34.6 Å². The zero-order chi connectivity index (χ0) is 13.1. The summed E-state index contributed by atoms with van der Waals surface area (Å²) in [6.45, 7) is 11.2. The Kier molecular flexibility index (Phi) is 4.62. The van der Waals surface area contributed by atoms with Crippen LogP contribution in [0.4, 0.5) is 0 Å². The highest BCUT2D eigenvalue weighted by Crippen LogP contribution is 2.31. The molecule has 0 unspecified atom stereocenters. The molecule has 1 aliphatic rings. The van der Waals surface area contributed by atoms with E-state index in [4.69, 9.17) is 10.7 Å². The molecular formula is C15H30N2. The quantitative estimate of drug-likeness (QED) is 0.582. The van der Waals surface area contributed by atoms with Crippen LogP contribution in [0.3, 0.4) is 0 Å². The SMILES string of the molecule is CC(C)(C)CC(C)(C)N=C(N)C1CCCCC1. The number of rotatable bonds is 3. The van der Waals surface area contributed by atoms with E-state index in [0.29, 0.717) is 11.3 Å². The smallest absolute Gasteiger partial charge is 0.0975 e. The minimum atomic E-state index is -0.0280. The Labute approximate surface area is 107 Å². The molecule has 0 atom stereocenters. The lowest BCUT2D eigenvalue weighted by Crippen LogP contribution is -2.32. The molecule has 1 aliphatic carbocycles. The second-order valence-electron chi connectivity index (χ2n) is 7.42. The van der Waals surface area contributed by atoms with E-state index in [9.17, 15) is 0 Å². The Balaban J connectivity index is 2.64. The second-order valence-corrected chi connectivity index (χ2v) is 7.42. The van der Waals surface area contributed by atoms with Gasteiger partial charge < -0.3 is 5.73 Å². The zero-order valence-electron chi connectivity index (χ0n) is 12.3. The van der Waals surface area contributed by atoms with Crippen LogP contribution in [0.15, 0.2) is 4.99 Å². The van der Waals surface area contributed by atoms with E-state index in [1.165, 1.54) is 32.1 Å². The maximum absolute atomic E-state index is 6.20. The Morgan fingerprint density at radius 2 is 1.59 bits per heavy atom. The highest BCUT2D eigenvalue weighted by molar-refractivity contribution is 5.83. The van der Waals surface area contributed by atoms with E-state index in [1.54, 1.807) is 0 Å². The highest BCUT2D eigenvalue weighted by atomic mass is 14.9. The fourth-order valence-corrected chi connectivity index (χ4v) is 3.18. The van der Waals surface area contributed by atoms with Gasteiger partial charge >= 0.3 is 0 Å². The minimum Gasteiger partial charge on any atom is -0.387 e. The molecule has 1 rings (SSSR count). The maximum Gasteiger partial charge on any atom is 0.0975 e. The van der Waals surface area contributed by atoms with Crippen LogP contribution in [0.1, 0.15) is 73.1 Å². The van der Waals surface area contributed by atoms with Crippen molar-refractivity contribution >= 4 is 5.84 Å². The van der Waals surface area contributed by atoms with Gasteiger partial charge in [0.2, 0.25) is 0 Å². The number of hydrogen-bond donors (Lipinski definition) is 1. The highest BCUT2D eigenvalue weighted by Gasteiger charge is 2.26. The van der Waals surface area contributed by atoms with Gasteiger partial charge in [-0.15, -0.1) is 0 Å². The molecule has 2 heteroatoms. The first-order valence-corrected chi connectivity index (χ1v) is 7.05. The molecule has 0 aliphatic heterocycles. The molecule has 0 amide bonds. The second kappa shape index (κ2) is 5.41. The Hall–Kier alpha value is -0.530. The fraction of sp³-hybridized carbons (Fsp3) is 0.933. The van der Waals surface area contributed by atoms with Gasteiger partial charge in [-0.05, 0) is 38.5 Å². The fourth-order valence-electron chi connectivity index (χ4n) is 3.18. The van der Waals surface area contributed by atoms with E-state index >= 15 is 0 Å². The lowest BCUT2D eigenvalue weighted by Gasteiger charge is -2.31. The van der Waals surface area contributed by atoms with Crippen molar-refractivity contribution < 1.29 is 0 Å². The summed E-state index contributed by atoms with van der Waals surface area (Å²) < 4.78 is 0. The third-order valence-electron chi connectivity index (χ3n) is 3.42. The average Bonchev–Trinajstić information content (AvgIpc) is 2.14. The van der Waals surface area contributed by atoms with Crippen molar-refractivity contribution in [2.45, 2.75) is 78.7 Å². The van der Waals surface area contributed by atoms with Gasteiger partial charge in [0.25, 0.3) is 0 Å². The number of nitrogens with zero attached hydrogens (tertiary/aromatic N) is 1. The van der Waals surface area contributed by atoms with Gasteiger partial charge in [0, 0.05) is 5.92 Å². The molecule has 0 heterocycles. The van der Waals surface area contributed by atoms with Crippen molar-refractivity contribution in [2.24, 2.45) is 22.1 Å².